The van der Waals surface area contributed by atoms with Crippen molar-refractivity contribution in [1.29, 1.82) is 0 Å². The van der Waals surface area contributed by atoms with Crippen molar-refractivity contribution in [3.05, 3.63) is 18.1 Å². The summed E-state index contributed by atoms with van der Waals surface area (Å²) < 4.78 is 10.6. The second-order valence-corrected chi connectivity index (χ2v) is 3.27. The molecule has 0 radical (unpaired) electrons. The summed E-state index contributed by atoms with van der Waals surface area (Å²) in [5, 5.41) is 8.74. The average Bonchev–Trinajstić information content (AvgIpc) is 2.25. The lowest BCUT2D eigenvalue weighted by Crippen LogP contribution is -2.11. The van der Waals surface area contributed by atoms with E-state index in [1.165, 1.54) is 12.4 Å². The Morgan fingerprint density at radius 1 is 1.27 bits per heavy atom. The molecule has 0 bridgehead atoms. The van der Waals surface area contributed by atoms with Crippen molar-refractivity contribution >= 4 is 0 Å². The van der Waals surface area contributed by atoms with Crippen molar-refractivity contribution in [2.24, 2.45) is 0 Å². The van der Waals surface area contributed by atoms with Crippen LogP contribution in [0.1, 0.15) is 19.5 Å². The molecule has 0 amide bonds. The lowest BCUT2D eigenvalue weighted by Gasteiger charge is -2.08. The van der Waals surface area contributed by atoms with Crippen molar-refractivity contribution in [2.75, 3.05) is 13.2 Å². The van der Waals surface area contributed by atoms with E-state index in [0.717, 1.165) is 0 Å². The molecule has 0 saturated carbocycles. The van der Waals surface area contributed by atoms with E-state index in [1.54, 1.807) is 0 Å². The van der Waals surface area contributed by atoms with Gasteiger partial charge in [-0.3, -0.25) is 4.98 Å². The highest BCUT2D eigenvalue weighted by Gasteiger charge is 1.98. The van der Waals surface area contributed by atoms with Gasteiger partial charge in [0.15, 0.2) is 0 Å². The number of aromatic nitrogens is 2. The fraction of sp³-hybridized carbons (Fsp3) is 0.600. The smallest absolute Gasteiger partial charge is 0.232 e. The number of hydrogen-bond donors (Lipinski definition) is 1. The molecule has 5 heteroatoms. The van der Waals surface area contributed by atoms with Crippen molar-refractivity contribution < 1.29 is 14.6 Å². The Bertz CT molecular complexity index is 275. The fourth-order valence-corrected chi connectivity index (χ4v) is 0.929. The minimum atomic E-state index is -0.107. The number of aliphatic hydroxyl groups excluding tert-OH is 1. The summed E-state index contributed by atoms with van der Waals surface area (Å²) in [6.07, 6.45) is 3.18. The Hall–Kier alpha value is -1.20. The first-order valence-electron chi connectivity index (χ1n) is 4.88. The van der Waals surface area contributed by atoms with E-state index < -0.39 is 0 Å². The van der Waals surface area contributed by atoms with Gasteiger partial charge >= 0.3 is 0 Å². The minimum absolute atomic E-state index is 0.107. The standard InChI is InChI=1S/C10H16N2O3/c1-8(2)14-3-4-15-10-6-11-9(7-13)5-12-10/h5-6,8,13H,3-4,7H2,1-2H3. The molecule has 1 N–H and O–H groups in total. The van der Waals surface area contributed by atoms with Crippen LogP contribution in [-0.4, -0.2) is 34.4 Å². The Kier molecular flexibility index (Phi) is 5.00. The molecule has 0 aromatic carbocycles. The summed E-state index contributed by atoms with van der Waals surface area (Å²) in [4.78, 5) is 7.90. The summed E-state index contributed by atoms with van der Waals surface area (Å²) in [6.45, 7) is 4.81. The largest absolute Gasteiger partial charge is 0.474 e. The van der Waals surface area contributed by atoms with E-state index in [4.69, 9.17) is 14.6 Å². The Balaban J connectivity index is 2.25. The maximum absolute atomic E-state index is 8.74. The zero-order chi connectivity index (χ0) is 11.1. The second-order valence-electron chi connectivity index (χ2n) is 3.27. The van der Waals surface area contributed by atoms with Gasteiger partial charge in [-0.2, -0.15) is 0 Å². The predicted octanol–water partition coefficient (Wildman–Crippen LogP) is 0.773. The van der Waals surface area contributed by atoms with E-state index in [9.17, 15) is 0 Å². The molecule has 0 atom stereocenters. The highest BCUT2D eigenvalue weighted by atomic mass is 16.5. The zero-order valence-electron chi connectivity index (χ0n) is 9.01. The molecule has 0 aliphatic rings. The molecule has 0 spiro atoms. The van der Waals surface area contributed by atoms with Gasteiger partial charge in [-0.1, -0.05) is 0 Å². The molecule has 5 nitrogen and oxygen atoms in total. The molecule has 0 aliphatic carbocycles. The third kappa shape index (κ3) is 4.71. The number of rotatable bonds is 6. The Labute approximate surface area is 89.1 Å². The third-order valence-corrected chi connectivity index (χ3v) is 1.63. The summed E-state index contributed by atoms with van der Waals surface area (Å²) in [6, 6.07) is 0. The molecule has 0 unspecified atom stereocenters. The average molecular weight is 212 g/mol. The first-order chi connectivity index (χ1) is 7.22. The van der Waals surface area contributed by atoms with Crippen LogP contribution in [0.5, 0.6) is 5.88 Å². The van der Waals surface area contributed by atoms with E-state index in [-0.39, 0.29) is 12.7 Å². The third-order valence-electron chi connectivity index (χ3n) is 1.63. The number of aliphatic hydroxyl groups is 1. The van der Waals surface area contributed by atoms with Gasteiger partial charge in [-0.05, 0) is 13.8 Å². The van der Waals surface area contributed by atoms with Gasteiger partial charge in [0.1, 0.15) is 6.61 Å². The van der Waals surface area contributed by atoms with Gasteiger partial charge in [0.25, 0.3) is 0 Å². The quantitative estimate of drug-likeness (QED) is 0.706. The van der Waals surface area contributed by atoms with Crippen molar-refractivity contribution in [2.45, 2.75) is 26.6 Å². The van der Waals surface area contributed by atoms with Gasteiger partial charge in [-0.25, -0.2) is 4.98 Å². The highest BCUT2D eigenvalue weighted by Crippen LogP contribution is 2.03. The monoisotopic (exact) mass is 212 g/mol. The van der Waals surface area contributed by atoms with Gasteiger partial charge in [0, 0.05) is 0 Å². The van der Waals surface area contributed by atoms with E-state index in [1.807, 2.05) is 13.8 Å². The first kappa shape index (κ1) is 11.9. The van der Waals surface area contributed by atoms with Gasteiger partial charge < -0.3 is 14.6 Å². The molecule has 84 valence electrons. The van der Waals surface area contributed by atoms with Crippen LogP contribution in [0.15, 0.2) is 12.4 Å². The molecular formula is C10H16N2O3. The Morgan fingerprint density at radius 2 is 2.07 bits per heavy atom. The van der Waals surface area contributed by atoms with Crippen LogP contribution in [0.2, 0.25) is 0 Å². The molecule has 1 aromatic rings. The predicted molar refractivity (Wildman–Crippen MR) is 54.5 cm³/mol. The van der Waals surface area contributed by atoms with Crippen molar-refractivity contribution in [3.8, 4) is 5.88 Å². The van der Waals surface area contributed by atoms with Crippen LogP contribution in [0.25, 0.3) is 0 Å². The molecule has 0 saturated heterocycles. The van der Waals surface area contributed by atoms with Crippen LogP contribution in [0.3, 0.4) is 0 Å². The van der Waals surface area contributed by atoms with Crippen LogP contribution in [0, 0.1) is 0 Å². The molecule has 1 aromatic heterocycles. The van der Waals surface area contributed by atoms with Crippen LogP contribution < -0.4 is 4.74 Å². The van der Waals surface area contributed by atoms with E-state index in [0.29, 0.717) is 24.8 Å². The lowest BCUT2D eigenvalue weighted by atomic mass is 10.5. The van der Waals surface area contributed by atoms with E-state index >= 15 is 0 Å². The topological polar surface area (TPSA) is 64.5 Å². The lowest BCUT2D eigenvalue weighted by molar-refractivity contribution is 0.0541. The van der Waals surface area contributed by atoms with Gasteiger partial charge in [0.2, 0.25) is 5.88 Å². The normalized spacial score (nSPS) is 10.7. The summed E-state index contributed by atoms with van der Waals surface area (Å²) in [7, 11) is 0. The first-order valence-corrected chi connectivity index (χ1v) is 4.88. The number of hydrogen-bond acceptors (Lipinski definition) is 5. The fourth-order valence-electron chi connectivity index (χ4n) is 0.929. The number of nitrogens with zero attached hydrogens (tertiary/aromatic N) is 2. The van der Waals surface area contributed by atoms with E-state index in [2.05, 4.69) is 9.97 Å². The summed E-state index contributed by atoms with van der Waals surface area (Å²) in [5.41, 5.74) is 0.529. The molecule has 1 rings (SSSR count). The summed E-state index contributed by atoms with van der Waals surface area (Å²) >= 11 is 0. The SMILES string of the molecule is CC(C)OCCOc1cnc(CO)cn1. The van der Waals surface area contributed by atoms with Crippen molar-refractivity contribution in [3.63, 3.8) is 0 Å². The van der Waals surface area contributed by atoms with Gasteiger partial charge in [0.05, 0.1) is 37.4 Å². The van der Waals surface area contributed by atoms with Crippen LogP contribution in [-0.2, 0) is 11.3 Å². The minimum Gasteiger partial charge on any atom is -0.474 e. The Morgan fingerprint density at radius 3 is 2.60 bits per heavy atom. The summed E-state index contributed by atoms with van der Waals surface area (Å²) in [5.74, 6) is 0.444. The maximum Gasteiger partial charge on any atom is 0.232 e. The molecule has 1 heterocycles. The second kappa shape index (κ2) is 6.31. The van der Waals surface area contributed by atoms with Crippen LogP contribution >= 0.6 is 0 Å². The molecule has 0 aliphatic heterocycles. The van der Waals surface area contributed by atoms with Crippen LogP contribution in [0.4, 0.5) is 0 Å². The molecule has 15 heavy (non-hydrogen) atoms. The molecular weight excluding hydrogens is 196 g/mol. The molecule has 0 fully saturated rings. The highest BCUT2D eigenvalue weighted by molar-refractivity contribution is 5.06. The van der Waals surface area contributed by atoms with Gasteiger partial charge in [-0.15, -0.1) is 0 Å². The number of ether oxygens (including phenoxy) is 2. The zero-order valence-corrected chi connectivity index (χ0v) is 9.01. The maximum atomic E-state index is 8.74. The van der Waals surface area contributed by atoms with Crippen molar-refractivity contribution in [1.82, 2.24) is 9.97 Å².